The maximum Gasteiger partial charge on any atom is 0.433 e. The molecule has 1 N–H and O–H groups in total. The Hall–Kier alpha value is -3.45. The highest BCUT2D eigenvalue weighted by Crippen LogP contribution is 2.45. The molecule has 13 heteroatoms. The number of fused-ring (bicyclic) bond motifs is 2. The van der Waals surface area contributed by atoms with E-state index < -0.39 is 23.7 Å². The van der Waals surface area contributed by atoms with Crippen LogP contribution >= 0.6 is 27.3 Å². The number of carbonyl (C=O) groups is 2. The minimum absolute atomic E-state index is 0.0189. The molecule has 42 heavy (non-hydrogen) atoms. The largest absolute Gasteiger partial charge is 0.497 e. The van der Waals surface area contributed by atoms with Gasteiger partial charge in [-0.1, -0.05) is 20.8 Å². The third kappa shape index (κ3) is 5.51. The zero-order chi connectivity index (χ0) is 30.6. The number of alkyl halides is 3. The summed E-state index contributed by atoms with van der Waals surface area (Å²) in [5.74, 6) is -0.452. The van der Waals surface area contributed by atoms with Gasteiger partial charge < -0.3 is 14.8 Å². The lowest BCUT2D eigenvalue weighted by atomic mass is 9.72. The highest BCUT2D eigenvalue weighted by Gasteiger charge is 2.38. The van der Waals surface area contributed by atoms with Gasteiger partial charge in [0.1, 0.15) is 10.8 Å². The van der Waals surface area contributed by atoms with Crippen LogP contribution in [0.3, 0.4) is 0 Å². The summed E-state index contributed by atoms with van der Waals surface area (Å²) < 4.78 is 53.3. The number of hydrogen-bond acceptors (Lipinski definition) is 7. The van der Waals surface area contributed by atoms with Crippen LogP contribution in [0.5, 0.6) is 5.75 Å². The van der Waals surface area contributed by atoms with Crippen molar-refractivity contribution in [2.75, 3.05) is 19.5 Å². The molecule has 0 radical (unpaired) electrons. The Kier molecular flexibility index (Phi) is 7.86. The van der Waals surface area contributed by atoms with Crippen molar-refractivity contribution in [2.45, 2.75) is 46.2 Å². The number of thiophene rings is 1. The van der Waals surface area contributed by atoms with Gasteiger partial charge in [0.25, 0.3) is 5.91 Å². The number of halogens is 4. The first-order chi connectivity index (χ1) is 19.7. The van der Waals surface area contributed by atoms with Gasteiger partial charge in [0, 0.05) is 10.4 Å². The van der Waals surface area contributed by atoms with Crippen molar-refractivity contribution in [2.24, 2.45) is 11.3 Å². The first-order valence-electron chi connectivity index (χ1n) is 13.1. The average Bonchev–Trinajstić information content (AvgIpc) is 3.47. The van der Waals surface area contributed by atoms with Gasteiger partial charge in [0.05, 0.1) is 29.9 Å². The second-order valence-electron chi connectivity index (χ2n) is 11.1. The fourth-order valence-corrected chi connectivity index (χ4v) is 6.97. The van der Waals surface area contributed by atoms with E-state index in [0.29, 0.717) is 28.2 Å². The first-order valence-corrected chi connectivity index (χ1v) is 14.7. The summed E-state index contributed by atoms with van der Waals surface area (Å²) in [4.78, 5) is 31.7. The normalized spacial score (nSPS) is 15.4. The third-order valence-corrected chi connectivity index (χ3v) is 9.43. The number of carbonyl (C=O) groups excluding carboxylic acids is 2. The summed E-state index contributed by atoms with van der Waals surface area (Å²) in [5.41, 5.74) is 0.0259. The van der Waals surface area contributed by atoms with Crippen molar-refractivity contribution < 1.29 is 32.2 Å². The van der Waals surface area contributed by atoms with Crippen LogP contribution in [-0.4, -0.2) is 40.7 Å². The third-order valence-electron chi connectivity index (χ3n) is 7.53. The molecule has 0 fully saturated rings. The summed E-state index contributed by atoms with van der Waals surface area (Å²) in [6.45, 7) is 6.51. The minimum Gasteiger partial charge on any atom is -0.497 e. The Bertz CT molecular complexity index is 1690. The number of esters is 1. The summed E-state index contributed by atoms with van der Waals surface area (Å²) in [7, 11) is 2.75. The fraction of sp³-hybridized carbons (Fsp3) is 0.379. The molecule has 1 aliphatic carbocycles. The SMILES string of the molecule is COC(=O)c1c(NC(=O)c2nn3c(C(F)(F)F)cc(-c4ccc(OC)cc4)nc3c2Br)sc2c1CC[C@H](C(C)(C)C)C2. The Labute approximate surface area is 252 Å². The lowest BCUT2D eigenvalue weighted by Crippen LogP contribution is -2.26. The molecule has 0 bridgehead atoms. The van der Waals surface area contributed by atoms with Crippen molar-refractivity contribution in [3.8, 4) is 17.0 Å². The van der Waals surface area contributed by atoms with Gasteiger partial charge in [-0.15, -0.1) is 11.3 Å². The standard InChI is InChI=1S/C29H28BrF3N4O4S/c1-28(2,3)15-8-11-17-19(12-15)42-26(21(17)27(39)41-5)35-25(38)23-22(30)24-34-18(14-6-9-16(40-4)10-7-14)13-20(29(31,32)33)37(24)36-23/h6-7,9-10,13,15H,8,11-12H2,1-5H3,(H,35,38)/t15-/m0/s1. The van der Waals surface area contributed by atoms with Crippen molar-refractivity contribution >= 4 is 49.8 Å². The van der Waals surface area contributed by atoms with Crippen LogP contribution in [0.15, 0.2) is 34.8 Å². The van der Waals surface area contributed by atoms with E-state index in [1.165, 1.54) is 25.6 Å². The molecule has 4 aromatic rings. The molecule has 3 aromatic heterocycles. The molecule has 1 aromatic carbocycles. The Morgan fingerprint density at radius 2 is 1.83 bits per heavy atom. The Morgan fingerprint density at radius 1 is 1.14 bits per heavy atom. The van der Waals surface area contributed by atoms with Crippen molar-refractivity contribution in [3.63, 3.8) is 0 Å². The molecule has 1 aliphatic rings. The molecule has 0 spiro atoms. The smallest absolute Gasteiger partial charge is 0.433 e. The number of amides is 1. The summed E-state index contributed by atoms with van der Waals surface area (Å²) in [6.07, 6.45) is -2.52. The van der Waals surface area contributed by atoms with E-state index in [9.17, 15) is 22.8 Å². The molecule has 8 nitrogen and oxygen atoms in total. The Morgan fingerprint density at radius 3 is 2.43 bits per heavy atom. The van der Waals surface area contributed by atoms with Crippen LogP contribution in [0.25, 0.3) is 16.9 Å². The molecule has 1 atom stereocenters. The summed E-state index contributed by atoms with van der Waals surface area (Å²) in [5, 5.41) is 7.00. The van der Waals surface area contributed by atoms with Gasteiger partial charge in [0.2, 0.25) is 0 Å². The van der Waals surface area contributed by atoms with Crippen LogP contribution < -0.4 is 10.1 Å². The summed E-state index contributed by atoms with van der Waals surface area (Å²) >= 11 is 4.54. The van der Waals surface area contributed by atoms with Gasteiger partial charge in [-0.2, -0.15) is 18.3 Å². The molecule has 0 unspecified atom stereocenters. The average molecular weight is 666 g/mol. The van der Waals surface area contributed by atoms with E-state index in [0.717, 1.165) is 29.3 Å². The zero-order valence-corrected chi connectivity index (χ0v) is 25.9. The van der Waals surface area contributed by atoms with Crippen molar-refractivity contribution in [1.29, 1.82) is 0 Å². The number of methoxy groups -OCH3 is 2. The highest BCUT2D eigenvalue weighted by atomic mass is 79.9. The fourth-order valence-electron chi connectivity index (χ4n) is 5.14. The van der Waals surface area contributed by atoms with Crippen LogP contribution in [0.2, 0.25) is 0 Å². The molecule has 3 heterocycles. The van der Waals surface area contributed by atoms with Crippen LogP contribution in [-0.2, 0) is 23.8 Å². The molecule has 0 aliphatic heterocycles. The predicted octanol–water partition coefficient (Wildman–Crippen LogP) is 7.44. The van der Waals surface area contributed by atoms with E-state index >= 15 is 0 Å². The molecule has 222 valence electrons. The van der Waals surface area contributed by atoms with E-state index in [2.05, 4.69) is 52.1 Å². The molecule has 0 saturated carbocycles. The van der Waals surface area contributed by atoms with Gasteiger partial charge in [0.15, 0.2) is 17.0 Å². The van der Waals surface area contributed by atoms with E-state index in [4.69, 9.17) is 9.47 Å². The second-order valence-corrected chi connectivity index (χ2v) is 13.0. The van der Waals surface area contributed by atoms with E-state index in [-0.39, 0.29) is 37.5 Å². The van der Waals surface area contributed by atoms with Crippen LogP contribution in [0.1, 0.15) is 64.2 Å². The van der Waals surface area contributed by atoms with Gasteiger partial charge >= 0.3 is 12.1 Å². The summed E-state index contributed by atoms with van der Waals surface area (Å²) in [6, 6.07) is 7.29. The molecule has 1 amide bonds. The monoisotopic (exact) mass is 664 g/mol. The first kappa shape index (κ1) is 30.0. The molecular formula is C29H28BrF3N4O4S. The number of benzene rings is 1. The number of nitrogens with one attached hydrogen (secondary N) is 1. The Balaban J connectivity index is 1.56. The topological polar surface area (TPSA) is 94.8 Å². The maximum absolute atomic E-state index is 14.2. The quantitative estimate of drug-likeness (QED) is 0.223. The van der Waals surface area contributed by atoms with E-state index in [1.54, 1.807) is 24.3 Å². The number of nitrogens with zero attached hydrogens (tertiary/aromatic N) is 3. The number of aromatic nitrogens is 3. The second kappa shape index (κ2) is 11.0. The number of rotatable bonds is 5. The number of ether oxygens (including phenoxy) is 2. The lowest BCUT2D eigenvalue weighted by Gasteiger charge is -2.33. The maximum atomic E-state index is 14.2. The molecule has 0 saturated heterocycles. The highest BCUT2D eigenvalue weighted by molar-refractivity contribution is 9.10. The lowest BCUT2D eigenvalue weighted by molar-refractivity contribution is -0.142. The number of hydrogen-bond donors (Lipinski definition) is 1. The minimum atomic E-state index is -4.80. The molecular weight excluding hydrogens is 637 g/mol. The number of anilines is 1. The van der Waals surface area contributed by atoms with Gasteiger partial charge in [-0.05, 0) is 82.4 Å². The predicted molar refractivity (Wildman–Crippen MR) is 156 cm³/mol. The van der Waals surface area contributed by atoms with Gasteiger partial charge in [-0.25, -0.2) is 14.3 Å². The van der Waals surface area contributed by atoms with Crippen LogP contribution in [0.4, 0.5) is 18.2 Å². The zero-order valence-electron chi connectivity index (χ0n) is 23.5. The van der Waals surface area contributed by atoms with E-state index in [1.807, 2.05) is 0 Å². The molecule has 5 rings (SSSR count). The van der Waals surface area contributed by atoms with Crippen LogP contribution in [0, 0.1) is 11.3 Å². The van der Waals surface area contributed by atoms with Crippen molar-refractivity contribution in [1.82, 2.24) is 14.6 Å². The van der Waals surface area contributed by atoms with Gasteiger partial charge in [-0.3, -0.25) is 4.79 Å². The van der Waals surface area contributed by atoms with Crippen molar-refractivity contribution in [3.05, 3.63) is 62.2 Å².